The smallest absolute Gasteiger partial charge is 0.173 e. The highest BCUT2D eigenvalue weighted by Crippen LogP contribution is 2.23. The fourth-order valence-corrected chi connectivity index (χ4v) is 2.50. The molecule has 1 atom stereocenters. The average molecular weight is 257 g/mol. The summed E-state index contributed by atoms with van der Waals surface area (Å²) < 4.78 is 1.84. The number of aromatic nitrogens is 4. The number of rotatable bonds is 3. The molecule has 5 heteroatoms. The van der Waals surface area contributed by atoms with Crippen LogP contribution >= 0.6 is 0 Å². The third-order valence-electron chi connectivity index (χ3n) is 3.67. The summed E-state index contributed by atoms with van der Waals surface area (Å²) >= 11 is 0. The van der Waals surface area contributed by atoms with Crippen LogP contribution in [0.4, 0.5) is 0 Å². The minimum absolute atomic E-state index is 0.278. The summed E-state index contributed by atoms with van der Waals surface area (Å²) in [6.07, 6.45) is 2.29. The second kappa shape index (κ2) is 5.09. The normalized spacial score (nSPS) is 19.2. The molecule has 1 fully saturated rings. The van der Waals surface area contributed by atoms with E-state index in [0.717, 1.165) is 24.5 Å². The van der Waals surface area contributed by atoms with E-state index in [-0.39, 0.29) is 6.04 Å². The van der Waals surface area contributed by atoms with Crippen molar-refractivity contribution < 1.29 is 0 Å². The molecule has 1 aliphatic rings. The molecular formula is C14H19N5. The number of hydrogen-bond donors (Lipinski definition) is 1. The molecule has 2 aromatic rings. The van der Waals surface area contributed by atoms with E-state index in [0.29, 0.717) is 5.92 Å². The van der Waals surface area contributed by atoms with Gasteiger partial charge in [0.05, 0.1) is 11.7 Å². The van der Waals surface area contributed by atoms with E-state index in [1.54, 1.807) is 0 Å². The fourth-order valence-electron chi connectivity index (χ4n) is 2.50. The number of tetrazole rings is 1. The SMILES string of the molecule is CC(C)c1ccc(-n2nnnc2C2CCCN2)cc1. The van der Waals surface area contributed by atoms with Gasteiger partial charge < -0.3 is 5.32 Å². The van der Waals surface area contributed by atoms with Crippen LogP contribution in [0.15, 0.2) is 24.3 Å². The van der Waals surface area contributed by atoms with Crippen molar-refractivity contribution in [2.24, 2.45) is 0 Å². The largest absolute Gasteiger partial charge is 0.307 e. The van der Waals surface area contributed by atoms with E-state index in [2.05, 4.69) is 59.0 Å². The summed E-state index contributed by atoms with van der Waals surface area (Å²) in [6, 6.07) is 8.75. The molecule has 0 radical (unpaired) electrons. The number of nitrogens with one attached hydrogen (secondary N) is 1. The second-order valence-corrected chi connectivity index (χ2v) is 5.34. The Morgan fingerprint density at radius 3 is 2.68 bits per heavy atom. The Bertz CT molecular complexity index is 537. The van der Waals surface area contributed by atoms with Crippen LogP contribution in [-0.4, -0.2) is 26.8 Å². The zero-order valence-electron chi connectivity index (χ0n) is 11.4. The molecule has 1 aromatic carbocycles. The molecule has 1 aliphatic heterocycles. The van der Waals surface area contributed by atoms with Crippen LogP contribution in [-0.2, 0) is 0 Å². The maximum absolute atomic E-state index is 4.17. The fraction of sp³-hybridized carbons (Fsp3) is 0.500. The standard InChI is InChI=1S/C14H19N5/c1-10(2)11-5-7-12(8-6-11)19-14(16-17-18-19)13-4-3-9-15-13/h5-8,10,13,15H,3-4,9H2,1-2H3. The first kappa shape index (κ1) is 12.3. The minimum atomic E-state index is 0.278. The Labute approximate surface area is 113 Å². The predicted octanol–water partition coefficient (Wildman–Crippen LogP) is 2.21. The van der Waals surface area contributed by atoms with Crippen LogP contribution in [0.5, 0.6) is 0 Å². The van der Waals surface area contributed by atoms with Gasteiger partial charge in [0.15, 0.2) is 5.82 Å². The first-order valence-electron chi connectivity index (χ1n) is 6.87. The Kier molecular flexibility index (Phi) is 3.29. The number of hydrogen-bond acceptors (Lipinski definition) is 4. The van der Waals surface area contributed by atoms with Gasteiger partial charge in [-0.2, -0.15) is 4.68 Å². The zero-order valence-corrected chi connectivity index (χ0v) is 11.4. The highest BCUT2D eigenvalue weighted by molar-refractivity contribution is 5.35. The molecule has 0 amide bonds. The predicted molar refractivity (Wildman–Crippen MR) is 73.2 cm³/mol. The van der Waals surface area contributed by atoms with Crippen molar-refractivity contribution >= 4 is 0 Å². The molecule has 1 aromatic heterocycles. The molecule has 0 aliphatic carbocycles. The molecule has 2 heterocycles. The Hall–Kier alpha value is -1.75. The van der Waals surface area contributed by atoms with Crippen molar-refractivity contribution in [3.8, 4) is 5.69 Å². The summed E-state index contributed by atoms with van der Waals surface area (Å²) in [5.74, 6) is 1.45. The highest BCUT2D eigenvalue weighted by Gasteiger charge is 2.23. The molecule has 19 heavy (non-hydrogen) atoms. The Morgan fingerprint density at radius 1 is 1.26 bits per heavy atom. The molecule has 100 valence electrons. The molecule has 1 N–H and O–H groups in total. The topological polar surface area (TPSA) is 55.6 Å². The van der Waals surface area contributed by atoms with Crippen LogP contribution in [0.25, 0.3) is 5.69 Å². The highest BCUT2D eigenvalue weighted by atomic mass is 15.5. The number of nitrogens with zero attached hydrogens (tertiary/aromatic N) is 4. The molecule has 0 spiro atoms. The van der Waals surface area contributed by atoms with Gasteiger partial charge in [0, 0.05) is 0 Å². The Morgan fingerprint density at radius 2 is 2.05 bits per heavy atom. The van der Waals surface area contributed by atoms with Crippen LogP contribution in [0, 0.1) is 0 Å². The van der Waals surface area contributed by atoms with Gasteiger partial charge in [-0.25, -0.2) is 0 Å². The molecular weight excluding hydrogens is 238 g/mol. The van der Waals surface area contributed by atoms with E-state index in [4.69, 9.17) is 0 Å². The average Bonchev–Trinajstić information content (AvgIpc) is 3.09. The first-order valence-corrected chi connectivity index (χ1v) is 6.87. The van der Waals surface area contributed by atoms with Gasteiger partial charge in [0.1, 0.15) is 0 Å². The maximum atomic E-state index is 4.17. The van der Waals surface area contributed by atoms with Crippen molar-refractivity contribution in [1.82, 2.24) is 25.5 Å². The summed E-state index contributed by atoms with van der Waals surface area (Å²) in [5, 5.41) is 15.6. The summed E-state index contributed by atoms with van der Waals surface area (Å²) in [5.41, 5.74) is 2.36. The second-order valence-electron chi connectivity index (χ2n) is 5.34. The van der Waals surface area contributed by atoms with E-state index < -0.39 is 0 Å². The molecule has 5 nitrogen and oxygen atoms in total. The third-order valence-corrected chi connectivity index (χ3v) is 3.67. The van der Waals surface area contributed by atoms with Gasteiger partial charge in [-0.05, 0) is 53.4 Å². The van der Waals surface area contributed by atoms with Crippen molar-refractivity contribution in [1.29, 1.82) is 0 Å². The lowest BCUT2D eigenvalue weighted by Gasteiger charge is -2.11. The summed E-state index contributed by atoms with van der Waals surface area (Å²) in [6.45, 7) is 5.43. The Balaban J connectivity index is 1.91. The van der Waals surface area contributed by atoms with Crippen molar-refractivity contribution in [2.75, 3.05) is 6.54 Å². The lowest BCUT2D eigenvalue weighted by molar-refractivity contribution is 0.583. The van der Waals surface area contributed by atoms with Gasteiger partial charge in [-0.15, -0.1) is 5.10 Å². The van der Waals surface area contributed by atoms with Crippen LogP contribution in [0.3, 0.4) is 0 Å². The minimum Gasteiger partial charge on any atom is -0.307 e. The van der Waals surface area contributed by atoms with Gasteiger partial charge in [0.25, 0.3) is 0 Å². The molecule has 0 bridgehead atoms. The van der Waals surface area contributed by atoms with E-state index in [1.807, 2.05) is 4.68 Å². The van der Waals surface area contributed by atoms with E-state index in [1.165, 1.54) is 12.0 Å². The van der Waals surface area contributed by atoms with Crippen molar-refractivity contribution in [2.45, 2.75) is 38.6 Å². The first-order chi connectivity index (χ1) is 9.25. The van der Waals surface area contributed by atoms with Crippen molar-refractivity contribution in [3.05, 3.63) is 35.7 Å². The molecule has 3 rings (SSSR count). The molecule has 0 saturated carbocycles. The van der Waals surface area contributed by atoms with Crippen LogP contribution < -0.4 is 5.32 Å². The zero-order chi connectivity index (χ0) is 13.2. The van der Waals surface area contributed by atoms with Gasteiger partial charge in [-0.3, -0.25) is 0 Å². The number of benzene rings is 1. The van der Waals surface area contributed by atoms with E-state index in [9.17, 15) is 0 Å². The van der Waals surface area contributed by atoms with Crippen molar-refractivity contribution in [3.63, 3.8) is 0 Å². The molecule has 1 saturated heterocycles. The van der Waals surface area contributed by atoms with Gasteiger partial charge in [0.2, 0.25) is 0 Å². The summed E-state index contributed by atoms with van der Waals surface area (Å²) in [4.78, 5) is 0. The molecule has 1 unspecified atom stereocenters. The van der Waals surface area contributed by atoms with Gasteiger partial charge in [-0.1, -0.05) is 26.0 Å². The maximum Gasteiger partial charge on any atom is 0.173 e. The van der Waals surface area contributed by atoms with Gasteiger partial charge >= 0.3 is 0 Å². The van der Waals surface area contributed by atoms with Crippen LogP contribution in [0.2, 0.25) is 0 Å². The monoisotopic (exact) mass is 257 g/mol. The lowest BCUT2D eigenvalue weighted by atomic mass is 10.0. The third kappa shape index (κ3) is 2.38. The van der Waals surface area contributed by atoms with Crippen LogP contribution in [0.1, 0.15) is 50.0 Å². The lowest BCUT2D eigenvalue weighted by Crippen LogP contribution is -2.18. The summed E-state index contributed by atoms with van der Waals surface area (Å²) in [7, 11) is 0. The van der Waals surface area contributed by atoms with E-state index >= 15 is 0 Å². The quantitative estimate of drug-likeness (QED) is 0.916.